The predicted molar refractivity (Wildman–Crippen MR) is 190 cm³/mol. The van der Waals surface area contributed by atoms with Gasteiger partial charge < -0.3 is 23.8 Å². The summed E-state index contributed by atoms with van der Waals surface area (Å²) >= 11 is 0. The Morgan fingerprint density at radius 1 is 1.00 bits per heavy atom. The number of esters is 1. The lowest BCUT2D eigenvalue weighted by molar-refractivity contribution is 0.0567. The highest BCUT2D eigenvalue weighted by Crippen LogP contribution is 2.46. The van der Waals surface area contributed by atoms with Gasteiger partial charge in [-0.15, -0.1) is 0 Å². The molecule has 0 saturated heterocycles. The minimum absolute atomic E-state index is 0.161. The maximum Gasteiger partial charge on any atom is 0.421 e. The number of amides is 1. The third-order valence-corrected chi connectivity index (χ3v) is 11.0. The zero-order valence-electron chi connectivity index (χ0n) is 29.4. The van der Waals surface area contributed by atoms with Crippen molar-refractivity contribution in [3.05, 3.63) is 59.2 Å². The number of carbonyl (C=O) groups excluding carboxylic acids is 2. The molecule has 1 fully saturated rings. The second-order valence-corrected chi connectivity index (χ2v) is 16.3. The summed E-state index contributed by atoms with van der Waals surface area (Å²) in [7, 11) is 1.80. The smallest absolute Gasteiger partial charge is 0.421 e. The Morgan fingerprint density at radius 2 is 1.73 bits per heavy atom. The van der Waals surface area contributed by atoms with Crippen LogP contribution in [0.2, 0.25) is 0 Å². The van der Waals surface area contributed by atoms with Crippen molar-refractivity contribution in [3.8, 4) is 11.3 Å². The SMILES string of the molecule is COC(=O)c1ccc2c(C3CCCCC3)c3n(c2c1)CC(N(C)CCN(C)CCCS(=O)(=O)NC(=O)OC(C)(C)C)Cc1ccccc1-3. The predicted octanol–water partition coefficient (Wildman–Crippen LogP) is 6.18. The quantitative estimate of drug-likeness (QED) is 0.240. The maximum atomic E-state index is 12.6. The van der Waals surface area contributed by atoms with Gasteiger partial charge in [0.1, 0.15) is 5.60 Å². The molecule has 11 heteroatoms. The number of carbonyl (C=O) groups is 2. The Labute approximate surface area is 285 Å². The summed E-state index contributed by atoms with van der Waals surface area (Å²) in [5.74, 6) is -0.00179. The summed E-state index contributed by atoms with van der Waals surface area (Å²) in [4.78, 5) is 29.1. The normalized spacial score (nSPS) is 17.2. The highest BCUT2D eigenvalue weighted by Gasteiger charge is 2.32. The number of ether oxygens (including phenoxy) is 2. The van der Waals surface area contributed by atoms with Crippen LogP contribution in [-0.4, -0.2) is 93.1 Å². The summed E-state index contributed by atoms with van der Waals surface area (Å²) < 4.78 is 39.5. The summed E-state index contributed by atoms with van der Waals surface area (Å²) in [6.07, 6.45) is 6.46. The molecule has 1 atom stereocenters. The molecule has 1 N–H and O–H groups in total. The van der Waals surface area contributed by atoms with Crippen molar-refractivity contribution in [2.75, 3.05) is 46.6 Å². The largest absolute Gasteiger partial charge is 0.465 e. The van der Waals surface area contributed by atoms with E-state index in [0.29, 0.717) is 24.4 Å². The molecule has 1 aliphatic carbocycles. The Hall–Kier alpha value is -3.41. The molecule has 262 valence electrons. The van der Waals surface area contributed by atoms with E-state index >= 15 is 0 Å². The average Bonchev–Trinajstić information content (AvgIpc) is 3.24. The van der Waals surface area contributed by atoms with Crippen LogP contribution in [0.1, 0.15) is 86.7 Å². The average molecular weight is 681 g/mol. The minimum Gasteiger partial charge on any atom is -0.465 e. The number of benzene rings is 2. The molecular weight excluding hydrogens is 628 g/mol. The van der Waals surface area contributed by atoms with Gasteiger partial charge in [0.2, 0.25) is 10.0 Å². The molecule has 2 aromatic carbocycles. The van der Waals surface area contributed by atoms with Gasteiger partial charge in [0, 0.05) is 42.1 Å². The maximum absolute atomic E-state index is 12.6. The molecular formula is C37H52N4O6S. The molecule has 1 unspecified atom stereocenters. The highest BCUT2D eigenvalue weighted by molar-refractivity contribution is 7.90. The second-order valence-electron chi connectivity index (χ2n) is 14.5. The van der Waals surface area contributed by atoms with Gasteiger partial charge in [0.15, 0.2) is 0 Å². The van der Waals surface area contributed by atoms with E-state index in [9.17, 15) is 18.0 Å². The third kappa shape index (κ3) is 8.59. The van der Waals surface area contributed by atoms with Crippen LogP contribution in [0.15, 0.2) is 42.5 Å². The number of hydrogen-bond acceptors (Lipinski definition) is 8. The summed E-state index contributed by atoms with van der Waals surface area (Å²) in [6, 6.07) is 15.0. The van der Waals surface area contributed by atoms with Crippen LogP contribution in [0.4, 0.5) is 4.79 Å². The number of hydrogen-bond donors (Lipinski definition) is 1. The van der Waals surface area contributed by atoms with Gasteiger partial charge in [-0.2, -0.15) is 0 Å². The van der Waals surface area contributed by atoms with E-state index in [-0.39, 0.29) is 17.8 Å². The fourth-order valence-corrected chi connectivity index (χ4v) is 8.19. The minimum atomic E-state index is -3.79. The van der Waals surface area contributed by atoms with Crippen LogP contribution < -0.4 is 4.72 Å². The lowest BCUT2D eigenvalue weighted by atomic mass is 9.81. The standard InChI is InChI=1S/C37H52N4O6S/c1-37(2,3)47-36(43)38-48(44,45)22-12-19-39(4)20-21-40(5)29-23-27-15-10-11-16-30(27)34-33(26-13-8-7-9-14-26)31-18-17-28(35(42)46-6)24-32(31)41(34)25-29/h10-11,15-18,24,26,29H,7-9,12-14,19-23,25H2,1-6H3,(H,38,43). The van der Waals surface area contributed by atoms with Crippen molar-refractivity contribution < 1.29 is 27.5 Å². The lowest BCUT2D eigenvalue weighted by Crippen LogP contribution is -2.41. The van der Waals surface area contributed by atoms with Crippen molar-refractivity contribution in [1.82, 2.24) is 19.1 Å². The van der Waals surface area contributed by atoms with E-state index in [1.165, 1.54) is 67.0 Å². The van der Waals surface area contributed by atoms with E-state index in [4.69, 9.17) is 9.47 Å². The van der Waals surface area contributed by atoms with E-state index in [1.807, 2.05) is 23.9 Å². The van der Waals surface area contributed by atoms with E-state index in [1.54, 1.807) is 20.8 Å². The number of fused-ring (bicyclic) bond motifs is 5. The molecule has 10 nitrogen and oxygen atoms in total. The zero-order valence-corrected chi connectivity index (χ0v) is 30.2. The van der Waals surface area contributed by atoms with Crippen molar-refractivity contribution >= 4 is 33.0 Å². The Morgan fingerprint density at radius 3 is 2.44 bits per heavy atom. The number of nitrogens with one attached hydrogen (secondary N) is 1. The van der Waals surface area contributed by atoms with Crippen LogP contribution in [0.25, 0.3) is 22.2 Å². The number of methoxy groups -OCH3 is 1. The fraction of sp³-hybridized carbons (Fsp3) is 0.568. The van der Waals surface area contributed by atoms with Gasteiger partial charge in [-0.05, 0) is 96.3 Å². The van der Waals surface area contributed by atoms with Gasteiger partial charge in [-0.25, -0.2) is 22.7 Å². The summed E-state index contributed by atoms with van der Waals surface area (Å²) in [5.41, 5.74) is 6.21. The molecule has 5 rings (SSSR count). The second kappa shape index (κ2) is 15.0. The first kappa shape index (κ1) is 35.9. The Kier molecular flexibility index (Phi) is 11.2. The first-order valence-corrected chi connectivity index (χ1v) is 18.9. The lowest BCUT2D eigenvalue weighted by Gasteiger charge is -2.30. The van der Waals surface area contributed by atoms with E-state index in [2.05, 4.69) is 51.7 Å². The highest BCUT2D eigenvalue weighted by atomic mass is 32.2. The van der Waals surface area contributed by atoms with Gasteiger partial charge >= 0.3 is 12.1 Å². The molecule has 2 heterocycles. The monoisotopic (exact) mass is 680 g/mol. The number of rotatable bonds is 11. The van der Waals surface area contributed by atoms with Gasteiger partial charge in [0.25, 0.3) is 0 Å². The molecule has 2 aliphatic rings. The van der Waals surface area contributed by atoms with Gasteiger partial charge in [-0.3, -0.25) is 0 Å². The van der Waals surface area contributed by atoms with Crippen LogP contribution in [0, 0.1) is 0 Å². The number of sulfonamides is 1. The van der Waals surface area contributed by atoms with Gasteiger partial charge in [0.05, 0.1) is 24.1 Å². The Bertz CT molecular complexity index is 1720. The third-order valence-electron chi connectivity index (χ3n) is 9.71. The number of nitrogens with zero attached hydrogens (tertiary/aromatic N) is 3. The Balaban J connectivity index is 1.33. The van der Waals surface area contributed by atoms with Gasteiger partial charge in [-0.1, -0.05) is 49.6 Å². The summed E-state index contributed by atoms with van der Waals surface area (Å²) in [6.45, 7) is 7.98. The molecule has 0 spiro atoms. The van der Waals surface area contributed by atoms with Crippen molar-refractivity contribution in [1.29, 1.82) is 0 Å². The zero-order chi connectivity index (χ0) is 34.6. The van der Waals surface area contributed by atoms with Crippen LogP contribution in [-0.2, 0) is 32.5 Å². The molecule has 0 bridgehead atoms. The number of likely N-dealkylation sites (N-methyl/N-ethyl adjacent to an activating group) is 2. The molecule has 1 aromatic heterocycles. The van der Waals surface area contributed by atoms with Crippen LogP contribution in [0.5, 0.6) is 0 Å². The van der Waals surface area contributed by atoms with E-state index in [0.717, 1.165) is 31.6 Å². The molecule has 1 saturated carbocycles. The summed E-state index contributed by atoms with van der Waals surface area (Å²) in [5, 5.41) is 1.23. The molecule has 1 amide bonds. The molecule has 1 aliphatic heterocycles. The first-order chi connectivity index (χ1) is 22.8. The van der Waals surface area contributed by atoms with E-state index < -0.39 is 21.7 Å². The molecule has 3 aromatic rings. The number of aromatic nitrogens is 1. The topological polar surface area (TPSA) is 110 Å². The molecule has 0 radical (unpaired) electrons. The van der Waals surface area contributed by atoms with Crippen molar-refractivity contribution in [3.63, 3.8) is 0 Å². The molecule has 48 heavy (non-hydrogen) atoms. The van der Waals surface area contributed by atoms with Crippen LogP contribution in [0.3, 0.4) is 0 Å². The van der Waals surface area contributed by atoms with Crippen LogP contribution >= 0.6 is 0 Å². The van der Waals surface area contributed by atoms with Crippen molar-refractivity contribution in [2.24, 2.45) is 0 Å². The van der Waals surface area contributed by atoms with Crippen molar-refractivity contribution in [2.45, 2.75) is 89.8 Å². The first-order valence-electron chi connectivity index (χ1n) is 17.2. The fourth-order valence-electron chi connectivity index (χ4n) is 7.28.